The molecular formula is C23H29N3O. The molecule has 3 fully saturated rings. The lowest BCUT2D eigenvalue weighted by molar-refractivity contribution is 0.0109. The van der Waals surface area contributed by atoms with Gasteiger partial charge in [0.25, 0.3) is 5.91 Å². The molecule has 2 saturated heterocycles. The van der Waals surface area contributed by atoms with Gasteiger partial charge in [-0.05, 0) is 61.1 Å². The fraction of sp³-hybridized carbons (Fsp3) is 0.522. The van der Waals surface area contributed by atoms with Crippen molar-refractivity contribution < 1.29 is 4.79 Å². The molecule has 1 saturated carbocycles. The molecule has 27 heavy (non-hydrogen) atoms. The van der Waals surface area contributed by atoms with Crippen LogP contribution in [-0.4, -0.2) is 52.9 Å². The van der Waals surface area contributed by atoms with Crippen LogP contribution in [-0.2, 0) is 0 Å². The minimum Gasteiger partial charge on any atom is -0.357 e. The number of H-pyrrole nitrogens is 1. The first-order valence-corrected chi connectivity index (χ1v) is 10.4. The first kappa shape index (κ1) is 17.1. The van der Waals surface area contributed by atoms with Gasteiger partial charge in [-0.25, -0.2) is 0 Å². The summed E-state index contributed by atoms with van der Waals surface area (Å²) < 4.78 is 0. The van der Waals surface area contributed by atoms with E-state index >= 15 is 0 Å². The van der Waals surface area contributed by atoms with E-state index in [1.54, 1.807) is 0 Å². The lowest BCUT2D eigenvalue weighted by atomic mass is 9.68. The molecule has 0 bridgehead atoms. The number of carbonyl (C=O) groups is 1. The maximum Gasteiger partial charge on any atom is 0.270 e. The third kappa shape index (κ3) is 3.43. The van der Waals surface area contributed by atoms with Gasteiger partial charge in [0, 0.05) is 38.4 Å². The highest BCUT2D eigenvalue weighted by molar-refractivity contribution is 5.92. The van der Waals surface area contributed by atoms with Gasteiger partial charge in [0.2, 0.25) is 0 Å². The number of rotatable bonds is 3. The molecule has 1 N–H and O–H groups in total. The molecule has 1 aromatic heterocycles. The molecule has 5 rings (SSSR count). The highest BCUT2D eigenvalue weighted by atomic mass is 16.2. The van der Waals surface area contributed by atoms with Crippen LogP contribution in [0.1, 0.15) is 54.1 Å². The monoisotopic (exact) mass is 363 g/mol. The molecule has 0 unspecified atom stereocenters. The van der Waals surface area contributed by atoms with Crippen molar-refractivity contribution in [3.8, 4) is 0 Å². The Morgan fingerprint density at radius 1 is 1.04 bits per heavy atom. The molecule has 1 amide bonds. The van der Waals surface area contributed by atoms with Crippen LogP contribution in [0.25, 0.3) is 0 Å². The van der Waals surface area contributed by atoms with E-state index in [9.17, 15) is 4.79 Å². The first-order chi connectivity index (χ1) is 13.2. The van der Waals surface area contributed by atoms with E-state index in [2.05, 4.69) is 40.2 Å². The quantitative estimate of drug-likeness (QED) is 0.899. The predicted molar refractivity (Wildman–Crippen MR) is 107 cm³/mol. The van der Waals surface area contributed by atoms with Gasteiger partial charge < -0.3 is 9.88 Å². The Morgan fingerprint density at radius 3 is 2.48 bits per heavy atom. The number of piperidine rings is 2. The number of nitrogens with zero attached hydrogens (tertiary/aromatic N) is 2. The van der Waals surface area contributed by atoms with Crippen LogP contribution in [0, 0.1) is 5.41 Å². The first-order valence-electron chi connectivity index (χ1n) is 10.4. The van der Waals surface area contributed by atoms with Gasteiger partial charge in [0.1, 0.15) is 5.69 Å². The topological polar surface area (TPSA) is 39.3 Å². The molecule has 142 valence electrons. The van der Waals surface area contributed by atoms with Crippen LogP contribution in [0.3, 0.4) is 0 Å². The number of aromatic amines is 1. The number of likely N-dealkylation sites (tertiary alicyclic amines) is 2. The van der Waals surface area contributed by atoms with E-state index in [4.69, 9.17) is 0 Å². The summed E-state index contributed by atoms with van der Waals surface area (Å²) in [7, 11) is 0. The maximum absolute atomic E-state index is 12.7. The van der Waals surface area contributed by atoms with Crippen LogP contribution in [0.2, 0.25) is 0 Å². The number of carbonyl (C=O) groups excluding carboxylic acids is 1. The van der Waals surface area contributed by atoms with E-state index in [-0.39, 0.29) is 5.91 Å². The molecule has 0 radical (unpaired) electrons. The molecule has 4 heteroatoms. The largest absolute Gasteiger partial charge is 0.357 e. The average molecular weight is 364 g/mol. The Balaban J connectivity index is 1.32. The Bertz CT molecular complexity index is 773. The zero-order valence-corrected chi connectivity index (χ0v) is 15.9. The predicted octanol–water partition coefficient (Wildman–Crippen LogP) is 3.89. The van der Waals surface area contributed by atoms with Crippen molar-refractivity contribution in [1.29, 1.82) is 0 Å². The van der Waals surface area contributed by atoms with Gasteiger partial charge in [0.05, 0.1) is 0 Å². The third-order valence-electron chi connectivity index (χ3n) is 6.95. The smallest absolute Gasteiger partial charge is 0.270 e. The highest BCUT2D eigenvalue weighted by Crippen LogP contribution is 2.47. The van der Waals surface area contributed by atoms with Crippen molar-refractivity contribution in [2.75, 3.05) is 26.2 Å². The molecule has 1 aromatic carbocycles. The van der Waals surface area contributed by atoms with E-state index in [1.165, 1.54) is 37.9 Å². The van der Waals surface area contributed by atoms with Gasteiger partial charge in [-0.2, -0.15) is 0 Å². The number of hydrogen-bond donors (Lipinski definition) is 1. The van der Waals surface area contributed by atoms with E-state index < -0.39 is 0 Å². The standard InChI is InChI=1S/C23H29N3O/c27-22(21-7-4-12-24-21)25-13-10-23(11-14-25)15-19(18-5-2-1-3-6-18)16-26(17-23)20-8-9-20/h1-7,12,19-20,24H,8-11,13-17H2/t19-/m1/s1. The Morgan fingerprint density at radius 2 is 1.81 bits per heavy atom. The minimum absolute atomic E-state index is 0.157. The van der Waals surface area contributed by atoms with E-state index in [1.807, 2.05) is 23.2 Å². The van der Waals surface area contributed by atoms with Gasteiger partial charge in [0.15, 0.2) is 0 Å². The van der Waals surface area contributed by atoms with Crippen LogP contribution in [0.15, 0.2) is 48.7 Å². The SMILES string of the molecule is O=C(c1ccc[nH]1)N1CCC2(CC1)C[C@@H](c1ccccc1)CN(C1CC1)C2. The fourth-order valence-corrected chi connectivity index (χ4v) is 5.28. The van der Waals surface area contributed by atoms with Gasteiger partial charge in [-0.3, -0.25) is 9.69 Å². The van der Waals surface area contributed by atoms with Crippen molar-refractivity contribution in [1.82, 2.24) is 14.8 Å². The van der Waals surface area contributed by atoms with Crippen LogP contribution >= 0.6 is 0 Å². The summed E-state index contributed by atoms with van der Waals surface area (Å²) in [6.45, 7) is 4.21. The van der Waals surface area contributed by atoms with Gasteiger partial charge in [-0.1, -0.05) is 30.3 Å². The summed E-state index contributed by atoms with van der Waals surface area (Å²) in [6, 6.07) is 15.7. The lowest BCUT2D eigenvalue weighted by Crippen LogP contribution is -2.53. The van der Waals surface area contributed by atoms with Gasteiger partial charge in [-0.15, -0.1) is 0 Å². The lowest BCUT2D eigenvalue weighted by Gasteiger charge is -2.50. The second kappa shape index (κ2) is 6.83. The zero-order valence-electron chi connectivity index (χ0n) is 15.9. The second-order valence-electron chi connectivity index (χ2n) is 8.85. The summed E-state index contributed by atoms with van der Waals surface area (Å²) in [6.07, 6.45) is 8.10. The molecule has 1 spiro atoms. The van der Waals surface area contributed by atoms with Crippen molar-refractivity contribution in [3.05, 3.63) is 59.9 Å². The number of aromatic nitrogens is 1. The Hall–Kier alpha value is -2.07. The van der Waals surface area contributed by atoms with Gasteiger partial charge >= 0.3 is 0 Å². The molecular weight excluding hydrogens is 334 g/mol. The number of nitrogens with one attached hydrogen (secondary N) is 1. The maximum atomic E-state index is 12.7. The van der Waals surface area contributed by atoms with Crippen molar-refractivity contribution in [2.24, 2.45) is 5.41 Å². The number of hydrogen-bond acceptors (Lipinski definition) is 2. The second-order valence-corrected chi connectivity index (χ2v) is 8.85. The fourth-order valence-electron chi connectivity index (χ4n) is 5.28. The van der Waals surface area contributed by atoms with Crippen LogP contribution < -0.4 is 0 Å². The van der Waals surface area contributed by atoms with Crippen LogP contribution in [0.4, 0.5) is 0 Å². The summed E-state index contributed by atoms with van der Waals surface area (Å²) in [5, 5.41) is 0. The molecule has 2 aromatic rings. The third-order valence-corrected chi connectivity index (χ3v) is 6.95. The molecule has 3 heterocycles. The summed E-state index contributed by atoms with van der Waals surface area (Å²) in [5.41, 5.74) is 2.58. The summed E-state index contributed by atoms with van der Waals surface area (Å²) in [4.78, 5) is 20.6. The summed E-state index contributed by atoms with van der Waals surface area (Å²) in [5.74, 6) is 0.788. The van der Waals surface area contributed by atoms with Crippen molar-refractivity contribution in [3.63, 3.8) is 0 Å². The Labute approximate surface area is 161 Å². The molecule has 3 aliphatic rings. The molecule has 4 nitrogen and oxygen atoms in total. The van der Waals surface area contributed by atoms with Crippen LogP contribution in [0.5, 0.6) is 0 Å². The zero-order chi connectivity index (χ0) is 18.3. The summed E-state index contributed by atoms with van der Waals surface area (Å²) >= 11 is 0. The van der Waals surface area contributed by atoms with Crippen molar-refractivity contribution in [2.45, 2.75) is 44.1 Å². The normalized spacial score (nSPS) is 25.6. The highest BCUT2D eigenvalue weighted by Gasteiger charge is 2.46. The molecule has 1 atom stereocenters. The van der Waals surface area contributed by atoms with E-state index in [0.29, 0.717) is 11.3 Å². The van der Waals surface area contributed by atoms with E-state index in [0.717, 1.165) is 37.7 Å². The number of amides is 1. The minimum atomic E-state index is 0.157. The van der Waals surface area contributed by atoms with Crippen molar-refractivity contribution >= 4 is 5.91 Å². The average Bonchev–Trinajstić information content (AvgIpc) is 3.43. The molecule has 1 aliphatic carbocycles. The number of benzene rings is 1. The molecule has 2 aliphatic heterocycles. The Kier molecular flexibility index (Phi) is 4.31.